The summed E-state index contributed by atoms with van der Waals surface area (Å²) in [6.07, 6.45) is 3.38. The van der Waals surface area contributed by atoms with Gasteiger partial charge in [0.15, 0.2) is 5.11 Å². The van der Waals surface area contributed by atoms with Crippen molar-refractivity contribution in [2.75, 3.05) is 6.54 Å². The van der Waals surface area contributed by atoms with Crippen molar-refractivity contribution in [1.82, 2.24) is 10.7 Å². The van der Waals surface area contributed by atoms with Crippen molar-refractivity contribution >= 4 is 46.7 Å². The van der Waals surface area contributed by atoms with Crippen LogP contribution in [0.2, 0.25) is 10.0 Å². The molecule has 0 aliphatic rings. The molecule has 130 valence electrons. The van der Waals surface area contributed by atoms with Crippen LogP contribution in [-0.4, -0.2) is 17.9 Å². The minimum Gasteiger partial charge on any atom is -0.489 e. The maximum Gasteiger partial charge on any atom is 0.187 e. The van der Waals surface area contributed by atoms with Crippen molar-refractivity contribution in [2.24, 2.45) is 5.10 Å². The highest BCUT2D eigenvalue weighted by Crippen LogP contribution is 2.22. The molecule has 0 heterocycles. The summed E-state index contributed by atoms with van der Waals surface area (Å²) >= 11 is 17.0. The Morgan fingerprint density at radius 1 is 1.20 bits per heavy atom. The van der Waals surface area contributed by atoms with Crippen molar-refractivity contribution in [3.05, 3.63) is 76.3 Å². The molecule has 0 unspecified atom stereocenters. The molecular formula is C18H17Cl2N3OS. The third-order valence-electron chi connectivity index (χ3n) is 3.08. The molecule has 0 atom stereocenters. The zero-order valence-electron chi connectivity index (χ0n) is 13.3. The second-order valence-corrected chi connectivity index (χ2v) is 6.21. The summed E-state index contributed by atoms with van der Waals surface area (Å²) in [6, 6.07) is 12.8. The summed E-state index contributed by atoms with van der Waals surface area (Å²) in [4.78, 5) is 0. The maximum absolute atomic E-state index is 6.13. The summed E-state index contributed by atoms with van der Waals surface area (Å²) in [7, 11) is 0. The quantitative estimate of drug-likeness (QED) is 0.313. The highest BCUT2D eigenvalue weighted by molar-refractivity contribution is 7.80. The molecular weight excluding hydrogens is 377 g/mol. The van der Waals surface area contributed by atoms with E-state index in [1.165, 1.54) is 0 Å². The number of nitrogens with zero attached hydrogens (tertiary/aromatic N) is 1. The summed E-state index contributed by atoms with van der Waals surface area (Å²) < 4.78 is 5.73. The Hall–Kier alpha value is -2.08. The molecule has 0 bridgehead atoms. The Morgan fingerprint density at radius 2 is 1.96 bits per heavy atom. The van der Waals surface area contributed by atoms with Crippen LogP contribution in [0.15, 0.2) is 60.2 Å². The molecule has 0 radical (unpaired) electrons. The third kappa shape index (κ3) is 6.74. The Bertz CT molecular complexity index is 763. The molecule has 7 heteroatoms. The highest BCUT2D eigenvalue weighted by atomic mass is 35.5. The minimum absolute atomic E-state index is 0.369. The second-order valence-electron chi connectivity index (χ2n) is 4.96. The van der Waals surface area contributed by atoms with Crippen molar-refractivity contribution in [1.29, 1.82) is 0 Å². The Balaban J connectivity index is 1.85. The van der Waals surface area contributed by atoms with Crippen LogP contribution in [-0.2, 0) is 6.61 Å². The molecule has 0 aliphatic carbocycles. The molecule has 4 nitrogen and oxygen atoms in total. The fourth-order valence-electron chi connectivity index (χ4n) is 1.82. The fraction of sp³-hybridized carbons (Fsp3) is 0.111. The van der Waals surface area contributed by atoms with Crippen LogP contribution in [0.1, 0.15) is 11.1 Å². The van der Waals surface area contributed by atoms with Gasteiger partial charge in [-0.25, -0.2) is 0 Å². The third-order valence-corrected chi connectivity index (χ3v) is 3.90. The van der Waals surface area contributed by atoms with E-state index in [9.17, 15) is 0 Å². The second kappa shape index (κ2) is 10.0. The number of halogens is 2. The first-order valence-electron chi connectivity index (χ1n) is 7.43. The molecule has 2 N–H and O–H groups in total. The van der Waals surface area contributed by atoms with E-state index in [2.05, 4.69) is 22.4 Å². The van der Waals surface area contributed by atoms with Gasteiger partial charge in [-0.3, -0.25) is 5.43 Å². The molecule has 0 saturated heterocycles. The van der Waals surface area contributed by atoms with Gasteiger partial charge in [0.25, 0.3) is 0 Å². The molecule has 0 saturated carbocycles. The van der Waals surface area contributed by atoms with Crippen LogP contribution in [0.3, 0.4) is 0 Å². The fourth-order valence-corrected chi connectivity index (χ4v) is 2.42. The van der Waals surface area contributed by atoms with Gasteiger partial charge in [-0.2, -0.15) is 5.10 Å². The van der Waals surface area contributed by atoms with Gasteiger partial charge in [0.1, 0.15) is 12.4 Å². The van der Waals surface area contributed by atoms with Crippen molar-refractivity contribution in [2.45, 2.75) is 6.61 Å². The standard InChI is InChI=1S/C18H17Cl2N3OS/c1-2-9-21-18(25)23-22-11-13-3-7-16(8-4-13)24-12-14-5-6-15(19)10-17(14)20/h2-8,10-11H,1,9,12H2,(H2,21,23,25). The Labute approximate surface area is 162 Å². The smallest absolute Gasteiger partial charge is 0.187 e. The number of rotatable bonds is 7. The first kappa shape index (κ1) is 19.2. The first-order valence-corrected chi connectivity index (χ1v) is 8.59. The summed E-state index contributed by atoms with van der Waals surface area (Å²) in [5.41, 5.74) is 4.51. The largest absolute Gasteiger partial charge is 0.489 e. The lowest BCUT2D eigenvalue weighted by molar-refractivity contribution is 0.306. The molecule has 2 aromatic carbocycles. The number of hydrogen-bond donors (Lipinski definition) is 2. The zero-order chi connectivity index (χ0) is 18.1. The average Bonchev–Trinajstić information content (AvgIpc) is 2.60. The van der Waals surface area contributed by atoms with E-state index in [0.29, 0.717) is 28.3 Å². The van der Waals surface area contributed by atoms with Crippen LogP contribution in [0, 0.1) is 0 Å². The van der Waals surface area contributed by atoms with E-state index in [-0.39, 0.29) is 0 Å². The zero-order valence-corrected chi connectivity index (χ0v) is 15.7. The average molecular weight is 394 g/mol. The lowest BCUT2D eigenvalue weighted by Gasteiger charge is -2.08. The predicted octanol–water partition coefficient (Wildman–Crippen LogP) is 4.56. The Morgan fingerprint density at radius 3 is 2.64 bits per heavy atom. The first-order chi connectivity index (χ1) is 12.1. The van der Waals surface area contributed by atoms with Gasteiger partial charge >= 0.3 is 0 Å². The molecule has 2 aromatic rings. The number of hydrogen-bond acceptors (Lipinski definition) is 3. The number of nitrogens with one attached hydrogen (secondary N) is 2. The van der Waals surface area contributed by atoms with E-state index in [1.807, 2.05) is 30.3 Å². The van der Waals surface area contributed by atoms with Gasteiger partial charge in [-0.1, -0.05) is 35.3 Å². The molecule has 2 rings (SSSR count). The van der Waals surface area contributed by atoms with Crippen LogP contribution >= 0.6 is 35.4 Å². The van der Waals surface area contributed by atoms with E-state index in [1.54, 1.807) is 24.4 Å². The van der Waals surface area contributed by atoms with Gasteiger partial charge in [-0.05, 0) is 54.2 Å². The van der Waals surface area contributed by atoms with E-state index in [0.717, 1.165) is 16.9 Å². The van der Waals surface area contributed by atoms with E-state index < -0.39 is 0 Å². The molecule has 0 amide bonds. The van der Waals surface area contributed by atoms with Gasteiger partial charge < -0.3 is 10.1 Å². The van der Waals surface area contributed by atoms with Crippen LogP contribution < -0.4 is 15.5 Å². The Kier molecular flexibility index (Phi) is 7.73. The van der Waals surface area contributed by atoms with Crippen molar-refractivity contribution in [3.63, 3.8) is 0 Å². The summed E-state index contributed by atoms with van der Waals surface area (Å²) in [6.45, 7) is 4.56. The molecule has 0 aliphatic heterocycles. The van der Waals surface area contributed by atoms with Crippen LogP contribution in [0.25, 0.3) is 0 Å². The van der Waals surface area contributed by atoms with Gasteiger partial charge in [-0.15, -0.1) is 6.58 Å². The summed E-state index contributed by atoms with van der Waals surface area (Å²) in [5, 5.41) is 8.60. The monoisotopic (exact) mass is 393 g/mol. The highest BCUT2D eigenvalue weighted by Gasteiger charge is 2.02. The van der Waals surface area contributed by atoms with Gasteiger partial charge in [0.05, 0.1) is 6.21 Å². The van der Waals surface area contributed by atoms with Gasteiger partial charge in [0.2, 0.25) is 0 Å². The van der Waals surface area contributed by atoms with Crippen LogP contribution in [0.5, 0.6) is 5.75 Å². The lowest BCUT2D eigenvalue weighted by atomic mass is 10.2. The molecule has 25 heavy (non-hydrogen) atoms. The van der Waals surface area contributed by atoms with Gasteiger partial charge in [0, 0.05) is 22.2 Å². The maximum atomic E-state index is 6.13. The molecule has 0 aromatic heterocycles. The topological polar surface area (TPSA) is 45.7 Å². The number of benzene rings is 2. The number of thiocarbonyl (C=S) groups is 1. The minimum atomic E-state index is 0.369. The van der Waals surface area contributed by atoms with Crippen molar-refractivity contribution in [3.8, 4) is 5.75 Å². The summed E-state index contributed by atoms with van der Waals surface area (Å²) in [5.74, 6) is 0.735. The normalized spacial score (nSPS) is 10.5. The molecule has 0 fully saturated rings. The number of ether oxygens (including phenoxy) is 1. The lowest BCUT2D eigenvalue weighted by Crippen LogP contribution is -2.31. The number of hydrazone groups is 1. The molecule has 0 spiro atoms. The SMILES string of the molecule is C=CCNC(=S)NN=Cc1ccc(OCc2ccc(Cl)cc2Cl)cc1. The van der Waals surface area contributed by atoms with Crippen LogP contribution in [0.4, 0.5) is 0 Å². The van der Waals surface area contributed by atoms with E-state index in [4.69, 9.17) is 40.2 Å². The van der Waals surface area contributed by atoms with E-state index >= 15 is 0 Å². The van der Waals surface area contributed by atoms with Crippen molar-refractivity contribution < 1.29 is 4.74 Å². The predicted molar refractivity (Wildman–Crippen MR) is 109 cm³/mol.